The molecule has 0 aliphatic heterocycles. The first-order valence-corrected chi connectivity index (χ1v) is 11.7. The molecule has 0 aliphatic rings. The number of nitrogens with one attached hydrogen (secondary N) is 2. The van der Waals surface area contributed by atoms with Gasteiger partial charge in [0, 0.05) is 25.1 Å². The zero-order valence-corrected chi connectivity index (χ0v) is 20.0. The summed E-state index contributed by atoms with van der Waals surface area (Å²) in [6.07, 6.45) is 0.312. The molecule has 0 fully saturated rings. The number of aryl methyl sites for hydroxylation is 1. The molecule has 4 rings (SSSR count). The van der Waals surface area contributed by atoms with Crippen LogP contribution in [0.3, 0.4) is 0 Å². The Kier molecular flexibility index (Phi) is 8.01. The summed E-state index contributed by atoms with van der Waals surface area (Å²) in [5, 5.41) is 10.2. The lowest BCUT2D eigenvalue weighted by molar-refractivity contribution is -0.121. The van der Waals surface area contributed by atoms with Crippen LogP contribution in [0, 0.1) is 11.7 Å². The second kappa shape index (κ2) is 11.5. The van der Waals surface area contributed by atoms with Gasteiger partial charge in [0.25, 0.3) is 0 Å². The summed E-state index contributed by atoms with van der Waals surface area (Å²) in [4.78, 5) is 12.5. The number of benzene rings is 3. The molecule has 1 heterocycles. The second-order valence-electron chi connectivity index (χ2n) is 8.20. The van der Waals surface area contributed by atoms with Gasteiger partial charge < -0.3 is 10.1 Å². The SMILES string of the molecule is Cc1cccc(-c2n[nH]c(=S)n2CCC(=O)NCc2cccc(COCc3ccccc3)c2)c1. The van der Waals surface area contributed by atoms with Crippen LogP contribution in [0.2, 0.25) is 0 Å². The quantitative estimate of drug-likeness (QED) is 0.306. The number of hydrogen-bond donors (Lipinski definition) is 2. The smallest absolute Gasteiger partial charge is 0.222 e. The zero-order valence-electron chi connectivity index (χ0n) is 19.2. The largest absolute Gasteiger partial charge is 0.372 e. The first-order chi connectivity index (χ1) is 16.6. The number of H-pyrrole nitrogens is 1. The molecular formula is C27H28N4O2S. The minimum Gasteiger partial charge on any atom is -0.372 e. The van der Waals surface area contributed by atoms with Crippen molar-refractivity contribution >= 4 is 18.1 Å². The van der Waals surface area contributed by atoms with Crippen LogP contribution in [0.25, 0.3) is 11.4 Å². The van der Waals surface area contributed by atoms with Gasteiger partial charge >= 0.3 is 0 Å². The van der Waals surface area contributed by atoms with E-state index in [0.717, 1.165) is 33.6 Å². The molecule has 174 valence electrons. The maximum Gasteiger partial charge on any atom is 0.222 e. The number of amides is 1. The molecule has 6 nitrogen and oxygen atoms in total. The van der Waals surface area contributed by atoms with Crippen LogP contribution in [0.5, 0.6) is 0 Å². The third-order valence-electron chi connectivity index (χ3n) is 5.46. The first kappa shape index (κ1) is 23.6. The number of ether oxygens (including phenoxy) is 1. The van der Waals surface area contributed by atoms with Gasteiger partial charge in [-0.15, -0.1) is 0 Å². The van der Waals surface area contributed by atoms with Crippen molar-refractivity contribution in [2.45, 2.75) is 39.6 Å². The number of carbonyl (C=O) groups excluding carboxylic acids is 1. The average Bonchev–Trinajstić information content (AvgIpc) is 3.22. The summed E-state index contributed by atoms with van der Waals surface area (Å²) in [7, 11) is 0. The number of rotatable bonds is 10. The molecule has 0 saturated heterocycles. The molecule has 1 aromatic heterocycles. The van der Waals surface area contributed by atoms with Gasteiger partial charge in [-0.1, -0.05) is 78.4 Å². The lowest BCUT2D eigenvalue weighted by Gasteiger charge is -2.10. The van der Waals surface area contributed by atoms with Gasteiger partial charge in [-0.05, 0) is 41.9 Å². The molecule has 0 radical (unpaired) electrons. The van der Waals surface area contributed by atoms with Gasteiger partial charge in [0.15, 0.2) is 10.6 Å². The van der Waals surface area contributed by atoms with Crippen molar-refractivity contribution in [3.63, 3.8) is 0 Å². The van der Waals surface area contributed by atoms with E-state index < -0.39 is 0 Å². The van der Waals surface area contributed by atoms with E-state index in [2.05, 4.69) is 27.6 Å². The van der Waals surface area contributed by atoms with E-state index in [4.69, 9.17) is 17.0 Å². The molecule has 34 heavy (non-hydrogen) atoms. The third-order valence-corrected chi connectivity index (χ3v) is 5.77. The molecule has 0 bridgehead atoms. The molecule has 0 unspecified atom stereocenters. The Labute approximate surface area is 204 Å². The molecule has 0 aliphatic carbocycles. The van der Waals surface area contributed by atoms with Gasteiger partial charge in [0.2, 0.25) is 5.91 Å². The standard InChI is InChI=1S/C27H28N4O2S/c1-20-7-5-12-24(15-20)26-29-30-27(34)31(26)14-13-25(32)28-17-22-10-6-11-23(16-22)19-33-18-21-8-3-2-4-9-21/h2-12,15-16H,13-14,17-19H2,1H3,(H,28,32)(H,30,34). The van der Waals surface area contributed by atoms with Crippen LogP contribution in [0.1, 0.15) is 28.7 Å². The van der Waals surface area contributed by atoms with Crippen molar-refractivity contribution in [1.29, 1.82) is 0 Å². The fourth-order valence-electron chi connectivity index (χ4n) is 3.72. The van der Waals surface area contributed by atoms with Crippen molar-refractivity contribution in [3.8, 4) is 11.4 Å². The van der Waals surface area contributed by atoms with Crippen molar-refractivity contribution in [3.05, 3.63) is 106 Å². The summed E-state index contributed by atoms with van der Waals surface area (Å²) in [5.41, 5.74) is 5.38. The summed E-state index contributed by atoms with van der Waals surface area (Å²) in [5.74, 6) is 0.703. The van der Waals surface area contributed by atoms with E-state index in [1.54, 1.807) is 0 Å². The summed E-state index contributed by atoms with van der Waals surface area (Å²) in [6.45, 7) is 4.05. The van der Waals surface area contributed by atoms with E-state index in [9.17, 15) is 4.79 Å². The zero-order chi connectivity index (χ0) is 23.8. The summed E-state index contributed by atoms with van der Waals surface area (Å²) in [6, 6.07) is 26.3. The highest BCUT2D eigenvalue weighted by atomic mass is 32.1. The molecule has 7 heteroatoms. The minimum absolute atomic E-state index is 0.0379. The Morgan fingerprint density at radius 3 is 2.53 bits per heavy atom. The lowest BCUT2D eigenvalue weighted by atomic mass is 10.1. The number of nitrogens with zero attached hydrogens (tertiary/aromatic N) is 2. The van der Waals surface area contributed by atoms with Crippen LogP contribution >= 0.6 is 12.2 Å². The Morgan fingerprint density at radius 1 is 0.971 bits per heavy atom. The number of aromatic amines is 1. The van der Waals surface area contributed by atoms with E-state index >= 15 is 0 Å². The summed E-state index contributed by atoms with van der Waals surface area (Å²) >= 11 is 5.38. The van der Waals surface area contributed by atoms with E-state index in [1.807, 2.05) is 78.2 Å². The van der Waals surface area contributed by atoms with Crippen molar-refractivity contribution in [2.24, 2.45) is 0 Å². The van der Waals surface area contributed by atoms with Gasteiger partial charge in [-0.2, -0.15) is 5.10 Å². The normalized spacial score (nSPS) is 10.9. The maximum atomic E-state index is 12.5. The predicted molar refractivity (Wildman–Crippen MR) is 135 cm³/mol. The highest BCUT2D eigenvalue weighted by Crippen LogP contribution is 2.19. The van der Waals surface area contributed by atoms with Crippen molar-refractivity contribution < 1.29 is 9.53 Å². The van der Waals surface area contributed by atoms with E-state index in [0.29, 0.717) is 37.5 Å². The molecule has 0 saturated carbocycles. The van der Waals surface area contributed by atoms with Crippen LogP contribution in [-0.2, 0) is 35.8 Å². The molecule has 3 aromatic carbocycles. The van der Waals surface area contributed by atoms with Gasteiger partial charge in [0.1, 0.15) is 0 Å². The third kappa shape index (κ3) is 6.50. The molecule has 1 amide bonds. The van der Waals surface area contributed by atoms with Crippen LogP contribution < -0.4 is 5.32 Å². The fourth-order valence-corrected chi connectivity index (χ4v) is 3.95. The molecule has 0 atom stereocenters. The van der Waals surface area contributed by atoms with E-state index in [1.165, 1.54) is 0 Å². The van der Waals surface area contributed by atoms with E-state index in [-0.39, 0.29) is 5.91 Å². The lowest BCUT2D eigenvalue weighted by Crippen LogP contribution is -2.24. The molecule has 0 spiro atoms. The topological polar surface area (TPSA) is 71.9 Å². The predicted octanol–water partition coefficient (Wildman–Crippen LogP) is 5.34. The Bertz CT molecular complexity index is 1300. The molecule has 2 N–H and O–H groups in total. The number of carbonyl (C=O) groups is 1. The average molecular weight is 473 g/mol. The Balaban J connectivity index is 1.28. The van der Waals surface area contributed by atoms with Crippen LogP contribution in [0.4, 0.5) is 0 Å². The van der Waals surface area contributed by atoms with Gasteiger partial charge in [0.05, 0.1) is 13.2 Å². The van der Waals surface area contributed by atoms with Gasteiger partial charge in [-0.3, -0.25) is 14.5 Å². The highest BCUT2D eigenvalue weighted by molar-refractivity contribution is 7.71. The number of hydrogen-bond acceptors (Lipinski definition) is 4. The van der Waals surface area contributed by atoms with Crippen LogP contribution in [0.15, 0.2) is 78.9 Å². The highest BCUT2D eigenvalue weighted by Gasteiger charge is 2.11. The first-order valence-electron chi connectivity index (χ1n) is 11.3. The summed E-state index contributed by atoms with van der Waals surface area (Å²) < 4.78 is 8.20. The maximum absolute atomic E-state index is 12.5. The Morgan fingerprint density at radius 2 is 1.71 bits per heavy atom. The van der Waals surface area contributed by atoms with Gasteiger partial charge in [-0.25, -0.2) is 0 Å². The molecular weight excluding hydrogens is 444 g/mol. The fraction of sp³-hybridized carbons (Fsp3) is 0.222. The van der Waals surface area contributed by atoms with Crippen molar-refractivity contribution in [1.82, 2.24) is 20.1 Å². The van der Waals surface area contributed by atoms with Crippen LogP contribution in [-0.4, -0.2) is 20.7 Å². The second-order valence-corrected chi connectivity index (χ2v) is 8.59. The van der Waals surface area contributed by atoms with Crippen molar-refractivity contribution in [2.75, 3.05) is 0 Å². The number of aromatic nitrogens is 3. The minimum atomic E-state index is -0.0379. The monoisotopic (exact) mass is 472 g/mol. The Hall–Kier alpha value is -3.55. The molecule has 4 aromatic rings.